The smallest absolute Gasteiger partial charge is 0.225 e. The van der Waals surface area contributed by atoms with Crippen molar-refractivity contribution in [1.82, 2.24) is 4.90 Å². The molecule has 0 fully saturated rings. The second kappa shape index (κ2) is 8.34. The van der Waals surface area contributed by atoms with Gasteiger partial charge in [0.2, 0.25) is 5.91 Å². The summed E-state index contributed by atoms with van der Waals surface area (Å²) in [6.07, 6.45) is 1.84. The Labute approximate surface area is 144 Å². The average Bonchev–Trinajstić information content (AvgIpc) is 2.61. The second-order valence-electron chi connectivity index (χ2n) is 6.13. The minimum absolute atomic E-state index is 0.0415. The fraction of sp³-hybridized carbons (Fsp3) is 0.286. The zero-order valence-corrected chi connectivity index (χ0v) is 14.6. The van der Waals surface area contributed by atoms with E-state index in [0.717, 1.165) is 16.9 Å². The third kappa shape index (κ3) is 4.48. The summed E-state index contributed by atoms with van der Waals surface area (Å²) < 4.78 is 5.89. The molecule has 0 aliphatic heterocycles. The van der Waals surface area contributed by atoms with Gasteiger partial charge in [0.15, 0.2) is 0 Å². The Bertz CT molecular complexity index is 679. The van der Waals surface area contributed by atoms with E-state index in [9.17, 15) is 4.79 Å². The van der Waals surface area contributed by atoms with Gasteiger partial charge in [-0.3, -0.25) is 4.79 Å². The van der Waals surface area contributed by atoms with Crippen molar-refractivity contribution in [1.29, 1.82) is 0 Å². The summed E-state index contributed by atoms with van der Waals surface area (Å²) in [4.78, 5) is 13.9. The molecule has 2 rings (SSSR count). The summed E-state index contributed by atoms with van der Waals surface area (Å²) in [6, 6.07) is 18.0. The predicted molar refractivity (Wildman–Crippen MR) is 98.0 cm³/mol. The molecule has 0 aliphatic rings. The van der Waals surface area contributed by atoms with Crippen molar-refractivity contribution >= 4 is 5.91 Å². The average molecular weight is 323 g/mol. The van der Waals surface area contributed by atoms with E-state index in [2.05, 4.69) is 6.58 Å². The molecule has 0 heterocycles. The first kappa shape index (κ1) is 17.8. The van der Waals surface area contributed by atoms with Crippen LogP contribution in [0.15, 0.2) is 67.3 Å². The molecule has 0 saturated carbocycles. The molecule has 0 bridgehead atoms. The van der Waals surface area contributed by atoms with Crippen molar-refractivity contribution in [2.75, 3.05) is 14.1 Å². The fourth-order valence-corrected chi connectivity index (χ4v) is 2.74. The van der Waals surface area contributed by atoms with Crippen molar-refractivity contribution in [2.45, 2.75) is 19.4 Å². The largest absolute Gasteiger partial charge is 0.489 e. The molecule has 0 N–H and O–H groups in total. The molecule has 2 aromatic rings. The SMILES string of the molecule is C=C[C@@H](c1cccc(OCc2ccccc2)c1)[C@@H](C)C(=O)N(C)C. The standard InChI is InChI=1S/C21H25NO2/c1-5-20(16(2)21(23)22(3)4)18-12-9-13-19(14-18)24-15-17-10-7-6-8-11-17/h5-14,16,20H,1,15H2,2-4H3/t16-,20-/m1/s1. The summed E-state index contributed by atoms with van der Waals surface area (Å²) in [5.41, 5.74) is 2.16. The van der Waals surface area contributed by atoms with Crippen LogP contribution in [0.2, 0.25) is 0 Å². The Hall–Kier alpha value is -2.55. The molecule has 2 aromatic carbocycles. The minimum atomic E-state index is -0.165. The highest BCUT2D eigenvalue weighted by Gasteiger charge is 2.24. The third-order valence-electron chi connectivity index (χ3n) is 4.11. The van der Waals surface area contributed by atoms with Crippen molar-refractivity contribution in [3.05, 3.63) is 78.4 Å². The van der Waals surface area contributed by atoms with E-state index in [0.29, 0.717) is 6.61 Å². The van der Waals surface area contributed by atoms with Gasteiger partial charge in [0, 0.05) is 25.9 Å². The number of carbonyl (C=O) groups excluding carboxylic acids is 1. The number of nitrogens with zero attached hydrogens (tertiary/aromatic N) is 1. The molecule has 0 saturated heterocycles. The van der Waals surface area contributed by atoms with Crippen LogP contribution >= 0.6 is 0 Å². The second-order valence-corrected chi connectivity index (χ2v) is 6.13. The number of hydrogen-bond acceptors (Lipinski definition) is 2. The van der Waals surface area contributed by atoms with Crippen LogP contribution in [0.4, 0.5) is 0 Å². The summed E-state index contributed by atoms with van der Waals surface area (Å²) in [7, 11) is 3.55. The molecule has 0 aromatic heterocycles. The van der Waals surface area contributed by atoms with Crippen LogP contribution in [0.25, 0.3) is 0 Å². The van der Waals surface area contributed by atoms with Crippen molar-refractivity contribution < 1.29 is 9.53 Å². The van der Waals surface area contributed by atoms with Crippen LogP contribution < -0.4 is 4.74 Å². The Balaban J connectivity index is 2.13. The predicted octanol–water partition coefficient (Wildman–Crippen LogP) is 4.26. The molecule has 1 amide bonds. The molecule has 126 valence electrons. The van der Waals surface area contributed by atoms with Gasteiger partial charge in [-0.15, -0.1) is 6.58 Å². The molecule has 3 nitrogen and oxygen atoms in total. The highest BCUT2D eigenvalue weighted by molar-refractivity contribution is 5.79. The van der Waals surface area contributed by atoms with E-state index in [1.54, 1.807) is 19.0 Å². The Kier molecular flexibility index (Phi) is 6.19. The Morgan fingerprint density at radius 2 is 1.88 bits per heavy atom. The monoisotopic (exact) mass is 323 g/mol. The molecule has 0 unspecified atom stereocenters. The number of rotatable bonds is 7. The highest BCUT2D eigenvalue weighted by Crippen LogP contribution is 2.29. The minimum Gasteiger partial charge on any atom is -0.489 e. The maximum atomic E-state index is 12.3. The van der Waals surface area contributed by atoms with E-state index < -0.39 is 0 Å². The van der Waals surface area contributed by atoms with Crippen molar-refractivity contribution in [2.24, 2.45) is 5.92 Å². The van der Waals surface area contributed by atoms with Crippen LogP contribution in [0.3, 0.4) is 0 Å². The molecule has 0 radical (unpaired) electrons. The van der Waals surface area contributed by atoms with Gasteiger partial charge in [-0.05, 0) is 23.3 Å². The first-order valence-electron chi connectivity index (χ1n) is 8.13. The zero-order valence-electron chi connectivity index (χ0n) is 14.6. The van der Waals surface area contributed by atoms with Crippen molar-refractivity contribution in [3.63, 3.8) is 0 Å². The quantitative estimate of drug-likeness (QED) is 0.713. The number of carbonyl (C=O) groups is 1. The number of allylic oxidation sites excluding steroid dienone is 1. The van der Waals surface area contributed by atoms with Gasteiger partial charge < -0.3 is 9.64 Å². The van der Waals surface area contributed by atoms with Crippen LogP contribution in [0.5, 0.6) is 5.75 Å². The van der Waals surface area contributed by atoms with E-state index in [1.807, 2.05) is 67.6 Å². The topological polar surface area (TPSA) is 29.5 Å². The van der Waals surface area contributed by atoms with E-state index in [4.69, 9.17) is 4.74 Å². The lowest BCUT2D eigenvalue weighted by atomic mass is 9.86. The van der Waals surface area contributed by atoms with Gasteiger partial charge in [0.05, 0.1) is 0 Å². The van der Waals surface area contributed by atoms with E-state index in [-0.39, 0.29) is 17.7 Å². The first-order chi connectivity index (χ1) is 11.5. The van der Waals surface area contributed by atoms with Gasteiger partial charge in [-0.25, -0.2) is 0 Å². The fourth-order valence-electron chi connectivity index (χ4n) is 2.74. The number of benzene rings is 2. The maximum absolute atomic E-state index is 12.3. The lowest BCUT2D eigenvalue weighted by molar-refractivity contribution is -0.132. The summed E-state index contributed by atoms with van der Waals surface area (Å²) in [5, 5.41) is 0. The molecule has 3 heteroatoms. The summed E-state index contributed by atoms with van der Waals surface area (Å²) >= 11 is 0. The molecule has 24 heavy (non-hydrogen) atoms. The van der Waals surface area contributed by atoms with E-state index >= 15 is 0 Å². The third-order valence-corrected chi connectivity index (χ3v) is 4.11. The number of amides is 1. The lowest BCUT2D eigenvalue weighted by Crippen LogP contribution is -2.31. The maximum Gasteiger partial charge on any atom is 0.225 e. The number of hydrogen-bond donors (Lipinski definition) is 0. The van der Waals surface area contributed by atoms with Crippen LogP contribution in [0.1, 0.15) is 24.0 Å². The molecule has 2 atom stereocenters. The molecule has 0 spiro atoms. The number of ether oxygens (including phenoxy) is 1. The Morgan fingerprint density at radius 3 is 2.50 bits per heavy atom. The summed E-state index contributed by atoms with van der Waals surface area (Å²) in [6.45, 7) is 6.37. The van der Waals surface area contributed by atoms with Crippen molar-refractivity contribution in [3.8, 4) is 5.75 Å². The van der Waals surface area contributed by atoms with Gasteiger partial charge >= 0.3 is 0 Å². The van der Waals surface area contributed by atoms with E-state index in [1.165, 1.54) is 0 Å². The van der Waals surface area contributed by atoms with Gasteiger partial charge in [0.1, 0.15) is 12.4 Å². The lowest BCUT2D eigenvalue weighted by Gasteiger charge is -2.24. The highest BCUT2D eigenvalue weighted by atomic mass is 16.5. The van der Waals surface area contributed by atoms with Crippen LogP contribution in [0, 0.1) is 5.92 Å². The molecular weight excluding hydrogens is 298 g/mol. The van der Waals surface area contributed by atoms with Gasteiger partial charge in [-0.1, -0.05) is 55.5 Å². The van der Waals surface area contributed by atoms with Gasteiger partial charge in [0.25, 0.3) is 0 Å². The Morgan fingerprint density at radius 1 is 1.17 bits per heavy atom. The van der Waals surface area contributed by atoms with Crippen LogP contribution in [-0.2, 0) is 11.4 Å². The summed E-state index contributed by atoms with van der Waals surface area (Å²) in [5.74, 6) is 0.685. The van der Waals surface area contributed by atoms with Gasteiger partial charge in [-0.2, -0.15) is 0 Å². The first-order valence-corrected chi connectivity index (χ1v) is 8.13. The van der Waals surface area contributed by atoms with Crippen LogP contribution in [-0.4, -0.2) is 24.9 Å². The zero-order chi connectivity index (χ0) is 17.5. The molecule has 0 aliphatic carbocycles. The molecular formula is C21H25NO2. The normalized spacial score (nSPS) is 13.0.